The summed E-state index contributed by atoms with van der Waals surface area (Å²) in [6.45, 7) is 3.74. The lowest BCUT2D eigenvalue weighted by Gasteiger charge is -2.15. The molecule has 2 atom stereocenters. The minimum absolute atomic E-state index is 0.0345. The molecule has 1 saturated heterocycles. The quantitative estimate of drug-likeness (QED) is 0.826. The van der Waals surface area contributed by atoms with E-state index in [1.165, 1.54) is 0 Å². The van der Waals surface area contributed by atoms with Crippen LogP contribution in [0.5, 0.6) is 11.5 Å². The number of methoxy groups -OCH3 is 2. The van der Waals surface area contributed by atoms with Gasteiger partial charge in [-0.25, -0.2) is 0 Å². The first-order chi connectivity index (χ1) is 8.67. The summed E-state index contributed by atoms with van der Waals surface area (Å²) in [6, 6.07) is 5.33. The van der Waals surface area contributed by atoms with Crippen molar-refractivity contribution in [1.29, 1.82) is 0 Å². The minimum Gasteiger partial charge on any atom is -0.497 e. The maximum Gasteiger partial charge on any atom is 0.171 e. The summed E-state index contributed by atoms with van der Waals surface area (Å²) in [5.74, 6) is 1.82. The van der Waals surface area contributed by atoms with Crippen molar-refractivity contribution in [3.63, 3.8) is 0 Å². The molecule has 4 heteroatoms. The van der Waals surface area contributed by atoms with Crippen LogP contribution in [0.4, 0.5) is 0 Å². The van der Waals surface area contributed by atoms with Gasteiger partial charge in [-0.3, -0.25) is 4.79 Å². The molecule has 0 spiro atoms. The van der Waals surface area contributed by atoms with E-state index < -0.39 is 0 Å². The van der Waals surface area contributed by atoms with Crippen molar-refractivity contribution in [3.05, 3.63) is 23.8 Å². The molecule has 98 valence electrons. The number of carbonyl (C=O) groups is 1. The van der Waals surface area contributed by atoms with Gasteiger partial charge in [-0.1, -0.05) is 6.92 Å². The van der Waals surface area contributed by atoms with Gasteiger partial charge in [0, 0.05) is 18.5 Å². The van der Waals surface area contributed by atoms with E-state index in [4.69, 9.17) is 9.47 Å². The van der Waals surface area contributed by atoms with E-state index in [2.05, 4.69) is 12.2 Å². The standard InChI is InChI=1S/C14H19NO3/c1-9-7-15-8-12(9)14(16)11-5-4-10(17-2)6-13(11)18-3/h4-6,9,12,15H,7-8H2,1-3H3. The highest BCUT2D eigenvalue weighted by atomic mass is 16.5. The normalized spacial score (nSPS) is 22.8. The van der Waals surface area contributed by atoms with Gasteiger partial charge >= 0.3 is 0 Å². The molecule has 0 amide bonds. The molecule has 2 unspecified atom stereocenters. The zero-order chi connectivity index (χ0) is 13.1. The van der Waals surface area contributed by atoms with Crippen molar-refractivity contribution < 1.29 is 14.3 Å². The second-order valence-corrected chi connectivity index (χ2v) is 4.67. The Kier molecular flexibility index (Phi) is 3.87. The third-order valence-electron chi connectivity index (χ3n) is 3.53. The van der Waals surface area contributed by atoms with Gasteiger partial charge in [0.25, 0.3) is 0 Å². The molecule has 0 aliphatic carbocycles. The summed E-state index contributed by atoms with van der Waals surface area (Å²) in [6.07, 6.45) is 0. The highest BCUT2D eigenvalue weighted by Gasteiger charge is 2.31. The van der Waals surface area contributed by atoms with Gasteiger partial charge in [-0.2, -0.15) is 0 Å². The molecular formula is C14H19NO3. The number of ether oxygens (including phenoxy) is 2. The Morgan fingerprint density at radius 3 is 2.61 bits per heavy atom. The van der Waals surface area contributed by atoms with Gasteiger partial charge in [0.2, 0.25) is 0 Å². The number of benzene rings is 1. The smallest absolute Gasteiger partial charge is 0.171 e. The number of rotatable bonds is 4. The second kappa shape index (κ2) is 5.40. The Bertz CT molecular complexity index is 445. The summed E-state index contributed by atoms with van der Waals surface area (Å²) in [4.78, 5) is 12.5. The van der Waals surface area contributed by atoms with Gasteiger partial charge in [0.15, 0.2) is 5.78 Å². The van der Waals surface area contributed by atoms with Crippen LogP contribution in [0.3, 0.4) is 0 Å². The minimum atomic E-state index is 0.0345. The Balaban J connectivity index is 2.29. The maximum absolute atomic E-state index is 12.5. The SMILES string of the molecule is COc1ccc(C(=O)C2CNCC2C)c(OC)c1. The molecule has 1 aromatic carbocycles. The van der Waals surface area contributed by atoms with Crippen LogP contribution < -0.4 is 14.8 Å². The number of hydrogen-bond acceptors (Lipinski definition) is 4. The molecule has 0 radical (unpaired) electrons. The van der Waals surface area contributed by atoms with Crippen LogP contribution in [0.2, 0.25) is 0 Å². The molecule has 0 aromatic heterocycles. The highest BCUT2D eigenvalue weighted by molar-refractivity contribution is 6.01. The molecule has 1 aliphatic rings. The molecule has 1 heterocycles. The van der Waals surface area contributed by atoms with E-state index in [1.54, 1.807) is 32.4 Å². The summed E-state index contributed by atoms with van der Waals surface area (Å²) in [7, 11) is 3.17. The summed E-state index contributed by atoms with van der Waals surface area (Å²) < 4.78 is 10.4. The van der Waals surface area contributed by atoms with E-state index in [-0.39, 0.29) is 11.7 Å². The summed E-state index contributed by atoms with van der Waals surface area (Å²) in [5, 5.41) is 3.25. The zero-order valence-corrected chi connectivity index (χ0v) is 11.0. The molecule has 4 nitrogen and oxygen atoms in total. The summed E-state index contributed by atoms with van der Waals surface area (Å²) in [5.41, 5.74) is 0.638. The molecule has 1 aromatic rings. The monoisotopic (exact) mass is 249 g/mol. The fourth-order valence-corrected chi connectivity index (χ4v) is 2.36. The van der Waals surface area contributed by atoms with Crippen LogP contribution in [0.25, 0.3) is 0 Å². The lowest BCUT2D eigenvalue weighted by Crippen LogP contribution is -2.22. The third kappa shape index (κ3) is 2.34. The van der Waals surface area contributed by atoms with Crippen molar-refractivity contribution in [2.45, 2.75) is 6.92 Å². The summed E-state index contributed by atoms with van der Waals surface area (Å²) >= 11 is 0. The first-order valence-electron chi connectivity index (χ1n) is 6.14. The van der Waals surface area contributed by atoms with Crippen molar-refractivity contribution in [1.82, 2.24) is 5.32 Å². The molecular weight excluding hydrogens is 230 g/mol. The van der Waals surface area contributed by atoms with Crippen molar-refractivity contribution in [3.8, 4) is 11.5 Å². The van der Waals surface area contributed by atoms with Gasteiger partial charge in [0.05, 0.1) is 19.8 Å². The van der Waals surface area contributed by atoms with Gasteiger partial charge < -0.3 is 14.8 Å². The van der Waals surface area contributed by atoms with Crippen molar-refractivity contribution >= 4 is 5.78 Å². The fraction of sp³-hybridized carbons (Fsp3) is 0.500. The number of Topliss-reactive ketones (excluding diaryl/α,β-unsaturated/α-hetero) is 1. The predicted octanol–water partition coefficient (Wildman–Crippen LogP) is 1.74. The van der Waals surface area contributed by atoms with E-state index >= 15 is 0 Å². The van der Waals surface area contributed by atoms with Gasteiger partial charge in [-0.15, -0.1) is 0 Å². The highest BCUT2D eigenvalue weighted by Crippen LogP contribution is 2.29. The average Bonchev–Trinajstić information content (AvgIpc) is 2.83. The number of hydrogen-bond donors (Lipinski definition) is 1. The maximum atomic E-state index is 12.5. The number of nitrogens with one attached hydrogen (secondary N) is 1. The van der Waals surface area contributed by atoms with E-state index in [1.807, 2.05) is 0 Å². The van der Waals surface area contributed by atoms with Crippen LogP contribution in [-0.2, 0) is 0 Å². The second-order valence-electron chi connectivity index (χ2n) is 4.67. The lowest BCUT2D eigenvalue weighted by atomic mass is 9.89. The number of carbonyl (C=O) groups excluding carboxylic acids is 1. The van der Waals surface area contributed by atoms with Crippen molar-refractivity contribution in [2.24, 2.45) is 11.8 Å². The molecule has 2 rings (SSSR count). The molecule has 0 bridgehead atoms. The predicted molar refractivity (Wildman–Crippen MR) is 69.4 cm³/mol. The molecule has 1 N–H and O–H groups in total. The lowest BCUT2D eigenvalue weighted by molar-refractivity contribution is 0.0904. The van der Waals surface area contributed by atoms with Crippen LogP contribution in [0.15, 0.2) is 18.2 Å². The fourth-order valence-electron chi connectivity index (χ4n) is 2.36. The van der Waals surface area contributed by atoms with Crippen molar-refractivity contribution in [2.75, 3.05) is 27.3 Å². The van der Waals surface area contributed by atoms with E-state index in [9.17, 15) is 4.79 Å². The number of ketones is 1. The largest absolute Gasteiger partial charge is 0.497 e. The molecule has 1 fully saturated rings. The first kappa shape index (κ1) is 12.9. The van der Waals surface area contributed by atoms with Crippen LogP contribution in [0, 0.1) is 11.8 Å². The molecule has 18 heavy (non-hydrogen) atoms. The third-order valence-corrected chi connectivity index (χ3v) is 3.53. The Hall–Kier alpha value is -1.55. The van der Waals surface area contributed by atoms with Crippen LogP contribution in [0.1, 0.15) is 17.3 Å². The molecule has 0 saturated carbocycles. The Morgan fingerprint density at radius 1 is 1.28 bits per heavy atom. The van der Waals surface area contributed by atoms with Gasteiger partial charge in [0.1, 0.15) is 11.5 Å². The van der Waals surface area contributed by atoms with E-state index in [0.717, 1.165) is 13.1 Å². The average molecular weight is 249 g/mol. The molecule has 1 aliphatic heterocycles. The first-order valence-corrected chi connectivity index (χ1v) is 6.14. The Labute approximate surface area is 107 Å². The van der Waals surface area contributed by atoms with E-state index in [0.29, 0.717) is 23.0 Å². The Morgan fingerprint density at radius 2 is 2.06 bits per heavy atom. The van der Waals surface area contributed by atoms with Crippen LogP contribution >= 0.6 is 0 Å². The zero-order valence-electron chi connectivity index (χ0n) is 11.0. The van der Waals surface area contributed by atoms with Crippen LogP contribution in [-0.4, -0.2) is 33.1 Å². The topological polar surface area (TPSA) is 47.6 Å². The van der Waals surface area contributed by atoms with Gasteiger partial charge in [-0.05, 0) is 24.6 Å².